The number of nitrogens with two attached hydrogens (primary N) is 1. The normalized spacial score (nSPS) is 23.2. The number of carbonyl (C=O) groups excluding carboxylic acids is 1. The summed E-state index contributed by atoms with van der Waals surface area (Å²) in [6.07, 6.45) is 26.1. The lowest BCUT2D eigenvalue weighted by atomic mass is 9.89. The fourth-order valence-corrected chi connectivity index (χ4v) is 6.60. The second kappa shape index (κ2) is 28.3. The van der Waals surface area contributed by atoms with E-state index in [9.17, 15) is 25.2 Å². The summed E-state index contributed by atoms with van der Waals surface area (Å²) in [5.41, 5.74) is 6.26. The van der Waals surface area contributed by atoms with Gasteiger partial charge in [0.2, 0.25) is 5.91 Å². The zero-order chi connectivity index (χ0) is 33.1. The monoisotopic (exact) mass is 643 g/mol. The summed E-state index contributed by atoms with van der Waals surface area (Å²) < 4.78 is 5.63. The first kappa shape index (κ1) is 42.3. The predicted molar refractivity (Wildman–Crippen MR) is 185 cm³/mol. The maximum absolute atomic E-state index is 12.7. The summed E-state index contributed by atoms with van der Waals surface area (Å²) in [5.74, 6) is -0.0722. The molecule has 0 aliphatic carbocycles. The van der Waals surface area contributed by atoms with E-state index in [0.29, 0.717) is 12.8 Å². The number of aliphatic hydroxyl groups excluding tert-OH is 4. The summed E-state index contributed by atoms with van der Waals surface area (Å²) >= 11 is 0. The van der Waals surface area contributed by atoms with Crippen LogP contribution < -0.4 is 11.1 Å². The van der Waals surface area contributed by atoms with Gasteiger partial charge in [0.25, 0.3) is 0 Å². The van der Waals surface area contributed by atoms with Crippen molar-refractivity contribution in [1.82, 2.24) is 5.32 Å². The van der Waals surface area contributed by atoms with Crippen molar-refractivity contribution in [3.63, 3.8) is 0 Å². The molecule has 0 aromatic heterocycles. The molecule has 8 nitrogen and oxygen atoms in total. The topological polar surface area (TPSA) is 145 Å². The number of carbonyl (C=O) groups is 1. The summed E-state index contributed by atoms with van der Waals surface area (Å²) in [6, 6.07) is -0.774. The van der Waals surface area contributed by atoms with Gasteiger partial charge in [-0.1, -0.05) is 155 Å². The van der Waals surface area contributed by atoms with Crippen LogP contribution in [0.1, 0.15) is 181 Å². The van der Waals surface area contributed by atoms with Gasteiger partial charge < -0.3 is 36.2 Å². The van der Waals surface area contributed by atoms with Crippen LogP contribution in [0.2, 0.25) is 0 Å². The molecule has 1 unspecified atom stereocenters. The SMILES string of the molecule is CCCCCCCCCCCCCCCCCCCCCCCCCC(=O)N[C@H](CC1O[C@H](CO)[C@H](O)[C@H](O)[C@H]1O)[C@H](N)CC. The molecule has 7 N–H and O–H groups in total. The number of nitrogens with one attached hydrogen (secondary N) is 1. The van der Waals surface area contributed by atoms with Gasteiger partial charge in [0.15, 0.2) is 0 Å². The number of hydrogen-bond donors (Lipinski definition) is 6. The van der Waals surface area contributed by atoms with Gasteiger partial charge in [-0.3, -0.25) is 4.79 Å². The Morgan fingerprint density at radius 1 is 0.622 bits per heavy atom. The first-order valence-electron chi connectivity index (χ1n) is 19.2. The Bertz CT molecular complexity index is 681. The smallest absolute Gasteiger partial charge is 0.220 e. The van der Waals surface area contributed by atoms with E-state index in [1.54, 1.807) is 0 Å². The first-order chi connectivity index (χ1) is 21.8. The highest BCUT2D eigenvalue weighted by Crippen LogP contribution is 2.25. The minimum atomic E-state index is -1.43. The number of amides is 1. The summed E-state index contributed by atoms with van der Waals surface area (Å²) in [7, 11) is 0. The summed E-state index contributed by atoms with van der Waals surface area (Å²) in [6.45, 7) is 3.74. The van der Waals surface area contributed by atoms with Gasteiger partial charge in [-0.2, -0.15) is 0 Å². The maximum atomic E-state index is 12.7. The minimum absolute atomic E-state index is 0.0722. The zero-order valence-electron chi connectivity index (χ0n) is 29.3. The van der Waals surface area contributed by atoms with Gasteiger partial charge in [0.05, 0.1) is 12.7 Å². The second-order valence-corrected chi connectivity index (χ2v) is 13.9. The van der Waals surface area contributed by atoms with E-state index in [-0.39, 0.29) is 18.4 Å². The van der Waals surface area contributed by atoms with Crippen LogP contribution >= 0.6 is 0 Å². The van der Waals surface area contributed by atoms with Crippen molar-refractivity contribution in [2.24, 2.45) is 5.73 Å². The van der Waals surface area contributed by atoms with E-state index >= 15 is 0 Å². The van der Waals surface area contributed by atoms with Crippen LogP contribution in [0.25, 0.3) is 0 Å². The molecule has 1 saturated heterocycles. The molecule has 0 saturated carbocycles. The second-order valence-electron chi connectivity index (χ2n) is 13.9. The van der Waals surface area contributed by atoms with E-state index in [2.05, 4.69) is 12.2 Å². The van der Waals surface area contributed by atoms with E-state index < -0.39 is 43.2 Å². The molecule has 8 heteroatoms. The first-order valence-corrected chi connectivity index (χ1v) is 19.2. The third kappa shape index (κ3) is 20.3. The molecule has 0 radical (unpaired) electrons. The molecule has 0 aromatic rings. The Hall–Kier alpha value is -0.770. The van der Waals surface area contributed by atoms with Crippen molar-refractivity contribution in [3.05, 3.63) is 0 Å². The van der Waals surface area contributed by atoms with Crippen LogP contribution in [-0.2, 0) is 9.53 Å². The number of ether oxygens (including phenoxy) is 1. The molecule has 45 heavy (non-hydrogen) atoms. The lowest BCUT2D eigenvalue weighted by Crippen LogP contribution is -2.60. The molecule has 268 valence electrons. The molecule has 1 heterocycles. The predicted octanol–water partition coefficient (Wildman–Crippen LogP) is 6.82. The van der Waals surface area contributed by atoms with E-state index in [1.807, 2.05) is 6.92 Å². The molecule has 0 spiro atoms. The number of unbranched alkanes of at least 4 members (excludes halogenated alkanes) is 22. The van der Waals surface area contributed by atoms with Gasteiger partial charge in [-0.15, -0.1) is 0 Å². The van der Waals surface area contributed by atoms with Crippen molar-refractivity contribution in [3.8, 4) is 0 Å². The van der Waals surface area contributed by atoms with E-state index in [0.717, 1.165) is 19.3 Å². The standard InChI is InChI=1S/C37H74N2O6/c1-3-5-6-7-8-9-10-11-12-13-14-15-16-17-18-19-20-21-22-23-24-25-26-27-34(41)39-31(30(38)4-2)28-32-35(42)37(44)36(43)33(29-40)45-32/h30-33,35-37,40,42-44H,3-29,38H2,1-2H3,(H,39,41)/t30-,31-,32?,33-,35+,36+,37-/m1/s1. The summed E-state index contributed by atoms with van der Waals surface area (Å²) in [5, 5.41) is 42.9. The Kier molecular flexibility index (Phi) is 26.5. The molecule has 0 aromatic carbocycles. The minimum Gasteiger partial charge on any atom is -0.394 e. The Balaban J connectivity index is 1.98. The third-order valence-corrected chi connectivity index (χ3v) is 9.82. The molecular formula is C37H74N2O6. The molecule has 7 atom stereocenters. The van der Waals surface area contributed by atoms with Gasteiger partial charge in [0.1, 0.15) is 24.4 Å². The Morgan fingerprint density at radius 2 is 1.00 bits per heavy atom. The molecule has 1 aliphatic heterocycles. The average Bonchev–Trinajstić information content (AvgIpc) is 3.04. The van der Waals surface area contributed by atoms with E-state index in [4.69, 9.17) is 10.5 Å². The molecular weight excluding hydrogens is 568 g/mol. The molecule has 1 amide bonds. The lowest BCUT2D eigenvalue weighted by molar-refractivity contribution is -0.231. The quantitative estimate of drug-likeness (QED) is 0.0472. The van der Waals surface area contributed by atoms with Gasteiger partial charge in [-0.05, 0) is 19.3 Å². The maximum Gasteiger partial charge on any atom is 0.220 e. The lowest BCUT2D eigenvalue weighted by Gasteiger charge is -2.41. The summed E-state index contributed by atoms with van der Waals surface area (Å²) in [4.78, 5) is 12.7. The van der Waals surface area contributed by atoms with Crippen molar-refractivity contribution in [2.45, 2.75) is 223 Å². The largest absolute Gasteiger partial charge is 0.394 e. The van der Waals surface area contributed by atoms with Crippen LogP contribution in [0.5, 0.6) is 0 Å². The fraction of sp³-hybridized carbons (Fsp3) is 0.973. The Labute approximate surface area is 276 Å². The van der Waals surface area contributed by atoms with Crippen molar-refractivity contribution >= 4 is 5.91 Å². The van der Waals surface area contributed by atoms with Crippen LogP contribution in [0.3, 0.4) is 0 Å². The highest BCUT2D eigenvalue weighted by molar-refractivity contribution is 5.76. The molecule has 1 rings (SSSR count). The number of rotatable bonds is 30. The van der Waals surface area contributed by atoms with Crippen LogP contribution in [0, 0.1) is 0 Å². The van der Waals surface area contributed by atoms with Crippen LogP contribution in [-0.4, -0.2) is 75.5 Å². The van der Waals surface area contributed by atoms with Crippen LogP contribution in [0.4, 0.5) is 0 Å². The highest BCUT2D eigenvalue weighted by Gasteiger charge is 2.44. The van der Waals surface area contributed by atoms with Crippen molar-refractivity contribution in [2.75, 3.05) is 6.61 Å². The molecule has 0 bridgehead atoms. The third-order valence-electron chi connectivity index (χ3n) is 9.82. The Morgan fingerprint density at radius 3 is 1.38 bits per heavy atom. The fourth-order valence-electron chi connectivity index (χ4n) is 6.60. The highest BCUT2D eigenvalue weighted by atomic mass is 16.5. The average molecular weight is 643 g/mol. The van der Waals surface area contributed by atoms with Gasteiger partial charge in [-0.25, -0.2) is 0 Å². The van der Waals surface area contributed by atoms with Crippen LogP contribution in [0.15, 0.2) is 0 Å². The number of aliphatic hydroxyl groups is 4. The van der Waals surface area contributed by atoms with Crippen molar-refractivity contribution < 1.29 is 30.0 Å². The van der Waals surface area contributed by atoms with Gasteiger partial charge >= 0.3 is 0 Å². The molecule has 1 aliphatic rings. The van der Waals surface area contributed by atoms with Crippen molar-refractivity contribution in [1.29, 1.82) is 0 Å². The number of hydrogen-bond acceptors (Lipinski definition) is 7. The zero-order valence-corrected chi connectivity index (χ0v) is 29.3. The van der Waals surface area contributed by atoms with Gasteiger partial charge in [0, 0.05) is 18.5 Å². The molecule has 1 fully saturated rings. The van der Waals surface area contributed by atoms with E-state index in [1.165, 1.54) is 128 Å².